The molecule has 0 bridgehead atoms. The van der Waals surface area contributed by atoms with Gasteiger partial charge >= 0.3 is 6.03 Å². The molecule has 1 aromatic carbocycles. The standard InChI is InChI=1S/C11H11FN2O2/c1-2-11(9(15)13-10(16)14-11)7-3-5-8(12)6-4-7/h3-6H,2H2,1H3,(H2,13,14,15,16)/t11-/m1/s1. The van der Waals surface area contributed by atoms with Crippen molar-refractivity contribution in [3.63, 3.8) is 0 Å². The van der Waals surface area contributed by atoms with Crippen LogP contribution in [0.1, 0.15) is 18.9 Å². The van der Waals surface area contributed by atoms with Crippen LogP contribution in [0, 0.1) is 5.82 Å². The van der Waals surface area contributed by atoms with Gasteiger partial charge in [0.15, 0.2) is 0 Å². The molecule has 1 aliphatic rings. The Balaban J connectivity index is 2.46. The van der Waals surface area contributed by atoms with E-state index in [1.165, 1.54) is 24.3 Å². The zero-order valence-corrected chi connectivity index (χ0v) is 8.71. The smallest absolute Gasteiger partial charge is 0.319 e. The Labute approximate surface area is 91.8 Å². The zero-order valence-electron chi connectivity index (χ0n) is 8.71. The molecule has 16 heavy (non-hydrogen) atoms. The lowest BCUT2D eigenvalue weighted by molar-refractivity contribution is -0.124. The molecule has 1 atom stereocenters. The largest absolute Gasteiger partial charge is 0.322 e. The highest BCUT2D eigenvalue weighted by Gasteiger charge is 2.45. The monoisotopic (exact) mass is 222 g/mol. The van der Waals surface area contributed by atoms with Gasteiger partial charge in [-0.3, -0.25) is 10.1 Å². The maximum absolute atomic E-state index is 12.8. The molecule has 4 nitrogen and oxygen atoms in total. The molecule has 1 aromatic rings. The van der Waals surface area contributed by atoms with E-state index >= 15 is 0 Å². The number of nitrogens with one attached hydrogen (secondary N) is 2. The molecule has 0 radical (unpaired) electrons. The normalized spacial score (nSPS) is 24.1. The van der Waals surface area contributed by atoms with Crippen LogP contribution in [0.5, 0.6) is 0 Å². The van der Waals surface area contributed by atoms with Crippen LogP contribution in [0.15, 0.2) is 24.3 Å². The summed E-state index contributed by atoms with van der Waals surface area (Å²) in [7, 11) is 0. The summed E-state index contributed by atoms with van der Waals surface area (Å²) >= 11 is 0. The molecule has 0 aromatic heterocycles. The van der Waals surface area contributed by atoms with E-state index in [-0.39, 0.29) is 5.82 Å². The Morgan fingerprint density at radius 1 is 1.25 bits per heavy atom. The third-order valence-electron chi connectivity index (χ3n) is 2.81. The van der Waals surface area contributed by atoms with E-state index in [0.29, 0.717) is 12.0 Å². The Bertz CT molecular complexity index is 444. The predicted molar refractivity (Wildman–Crippen MR) is 55.0 cm³/mol. The average Bonchev–Trinajstić information content (AvgIpc) is 2.55. The van der Waals surface area contributed by atoms with E-state index in [1.807, 2.05) is 0 Å². The third-order valence-corrected chi connectivity index (χ3v) is 2.81. The lowest BCUT2D eigenvalue weighted by atomic mass is 9.87. The maximum atomic E-state index is 12.8. The van der Waals surface area contributed by atoms with E-state index in [1.54, 1.807) is 6.92 Å². The molecule has 1 heterocycles. The predicted octanol–water partition coefficient (Wildman–Crippen LogP) is 1.27. The number of hydrogen-bond donors (Lipinski definition) is 2. The minimum absolute atomic E-state index is 0.375. The minimum atomic E-state index is -1.06. The number of hydrogen-bond acceptors (Lipinski definition) is 2. The molecular weight excluding hydrogens is 211 g/mol. The first-order valence-electron chi connectivity index (χ1n) is 4.98. The van der Waals surface area contributed by atoms with Gasteiger partial charge in [0.2, 0.25) is 0 Å². The van der Waals surface area contributed by atoms with Gasteiger partial charge in [0.05, 0.1) is 0 Å². The van der Waals surface area contributed by atoms with Crippen LogP contribution >= 0.6 is 0 Å². The van der Waals surface area contributed by atoms with Crippen molar-refractivity contribution >= 4 is 11.9 Å². The lowest BCUT2D eigenvalue weighted by Crippen LogP contribution is -2.43. The summed E-state index contributed by atoms with van der Waals surface area (Å²) in [4.78, 5) is 22.9. The highest BCUT2D eigenvalue weighted by molar-refractivity contribution is 6.07. The molecular formula is C11H11FN2O2. The fourth-order valence-electron chi connectivity index (χ4n) is 1.88. The number of imide groups is 1. The summed E-state index contributed by atoms with van der Waals surface area (Å²) in [5.74, 6) is -0.772. The van der Waals surface area contributed by atoms with Crippen LogP contribution in [-0.4, -0.2) is 11.9 Å². The van der Waals surface area contributed by atoms with E-state index < -0.39 is 17.5 Å². The molecule has 0 saturated carbocycles. The number of rotatable bonds is 2. The van der Waals surface area contributed by atoms with Crippen molar-refractivity contribution in [2.45, 2.75) is 18.9 Å². The molecule has 3 amide bonds. The van der Waals surface area contributed by atoms with Gasteiger partial charge in [-0.1, -0.05) is 19.1 Å². The topological polar surface area (TPSA) is 58.2 Å². The first-order chi connectivity index (χ1) is 7.58. The van der Waals surface area contributed by atoms with Crippen LogP contribution in [0.3, 0.4) is 0 Å². The number of urea groups is 1. The van der Waals surface area contributed by atoms with Crippen molar-refractivity contribution in [2.75, 3.05) is 0 Å². The van der Waals surface area contributed by atoms with Gasteiger partial charge in [-0.15, -0.1) is 0 Å². The van der Waals surface area contributed by atoms with E-state index in [0.717, 1.165) is 0 Å². The van der Waals surface area contributed by atoms with Gasteiger partial charge in [-0.25, -0.2) is 9.18 Å². The molecule has 0 unspecified atom stereocenters. The Morgan fingerprint density at radius 2 is 1.88 bits per heavy atom. The zero-order chi connectivity index (χ0) is 11.8. The quantitative estimate of drug-likeness (QED) is 0.740. The van der Waals surface area contributed by atoms with Gasteiger partial charge in [0.25, 0.3) is 5.91 Å². The highest BCUT2D eigenvalue weighted by Crippen LogP contribution is 2.28. The highest BCUT2D eigenvalue weighted by atomic mass is 19.1. The summed E-state index contributed by atoms with van der Waals surface area (Å²) in [5.41, 5.74) is -0.482. The molecule has 1 aliphatic heterocycles. The SMILES string of the molecule is CC[C@]1(c2ccc(F)cc2)NC(=O)NC1=O. The molecule has 2 rings (SSSR count). The Morgan fingerprint density at radius 3 is 2.31 bits per heavy atom. The summed E-state index contributed by atoms with van der Waals surface area (Å²) in [5, 5.41) is 4.77. The average molecular weight is 222 g/mol. The van der Waals surface area contributed by atoms with Gasteiger partial charge in [-0.2, -0.15) is 0 Å². The van der Waals surface area contributed by atoms with Gasteiger partial charge in [-0.05, 0) is 24.1 Å². The molecule has 2 N–H and O–H groups in total. The summed E-state index contributed by atoms with van der Waals surface area (Å²) < 4.78 is 12.8. The van der Waals surface area contributed by atoms with E-state index in [4.69, 9.17) is 0 Å². The second-order valence-electron chi connectivity index (χ2n) is 3.67. The molecule has 1 saturated heterocycles. The second kappa shape index (κ2) is 3.59. The van der Waals surface area contributed by atoms with Gasteiger partial charge in [0.1, 0.15) is 11.4 Å². The second-order valence-corrected chi connectivity index (χ2v) is 3.67. The number of carbonyl (C=O) groups excluding carboxylic acids is 2. The first kappa shape index (κ1) is 10.6. The molecule has 0 spiro atoms. The number of halogens is 1. The number of carbonyl (C=O) groups is 2. The Kier molecular flexibility index (Phi) is 2.38. The summed E-state index contributed by atoms with van der Waals surface area (Å²) in [6.07, 6.45) is 0.413. The van der Waals surface area contributed by atoms with E-state index in [9.17, 15) is 14.0 Å². The van der Waals surface area contributed by atoms with Crippen LogP contribution in [0.2, 0.25) is 0 Å². The molecule has 0 aliphatic carbocycles. The van der Waals surface area contributed by atoms with Crippen molar-refractivity contribution in [1.82, 2.24) is 10.6 Å². The number of amides is 3. The van der Waals surface area contributed by atoms with Crippen LogP contribution in [-0.2, 0) is 10.3 Å². The molecule has 1 fully saturated rings. The molecule has 84 valence electrons. The van der Waals surface area contributed by atoms with Crippen molar-refractivity contribution in [2.24, 2.45) is 0 Å². The fraction of sp³-hybridized carbons (Fsp3) is 0.273. The van der Waals surface area contributed by atoms with Crippen LogP contribution in [0.25, 0.3) is 0 Å². The van der Waals surface area contributed by atoms with Crippen molar-refractivity contribution < 1.29 is 14.0 Å². The summed E-state index contributed by atoms with van der Waals surface area (Å²) in [6.45, 7) is 1.79. The first-order valence-corrected chi connectivity index (χ1v) is 4.98. The lowest BCUT2D eigenvalue weighted by Gasteiger charge is -2.24. The van der Waals surface area contributed by atoms with Crippen LogP contribution < -0.4 is 10.6 Å². The summed E-state index contributed by atoms with van der Waals surface area (Å²) in [6, 6.07) is 5.03. The Hall–Kier alpha value is -1.91. The van der Waals surface area contributed by atoms with Crippen molar-refractivity contribution in [3.05, 3.63) is 35.6 Å². The van der Waals surface area contributed by atoms with Gasteiger partial charge in [0, 0.05) is 0 Å². The molecule has 5 heteroatoms. The van der Waals surface area contributed by atoms with Crippen LogP contribution in [0.4, 0.5) is 9.18 Å². The van der Waals surface area contributed by atoms with Crippen molar-refractivity contribution in [1.29, 1.82) is 0 Å². The van der Waals surface area contributed by atoms with Crippen molar-refractivity contribution in [3.8, 4) is 0 Å². The van der Waals surface area contributed by atoms with Gasteiger partial charge < -0.3 is 5.32 Å². The maximum Gasteiger partial charge on any atom is 0.322 e. The third kappa shape index (κ3) is 1.44. The van der Waals surface area contributed by atoms with E-state index in [2.05, 4.69) is 10.6 Å². The number of benzene rings is 1. The fourth-order valence-corrected chi connectivity index (χ4v) is 1.88. The minimum Gasteiger partial charge on any atom is -0.319 e.